The summed E-state index contributed by atoms with van der Waals surface area (Å²) in [6, 6.07) is 0. The van der Waals surface area contributed by atoms with Gasteiger partial charge >= 0.3 is 290 Å². The van der Waals surface area contributed by atoms with Gasteiger partial charge in [-0.15, -0.1) is 0 Å². The Balaban J connectivity index is -0.000000371. The summed E-state index contributed by atoms with van der Waals surface area (Å²) < 4.78 is 8.48. The van der Waals surface area contributed by atoms with E-state index in [1.807, 2.05) is 0 Å². The number of hydrogen-bond acceptors (Lipinski definition) is 0. The van der Waals surface area contributed by atoms with Crippen LogP contribution >= 0.6 is 0 Å². The fourth-order valence-electron chi connectivity index (χ4n) is 6.03. The minimum Gasteiger partial charge on any atom is -2.00 e. The van der Waals surface area contributed by atoms with Gasteiger partial charge in [0.15, 0.2) is 0 Å². The minimum atomic E-state index is -1.02. The fraction of sp³-hybridized carbons (Fsp3) is 1.00. The monoisotopic (exact) mass is 839 g/mol. The van der Waals surface area contributed by atoms with Gasteiger partial charge in [-0.2, -0.15) is 0 Å². The molecule has 2 N–H and O–H groups in total. The van der Waals surface area contributed by atoms with Crippen molar-refractivity contribution in [3.63, 3.8) is 0 Å². The van der Waals surface area contributed by atoms with Crippen molar-refractivity contribution in [3.8, 4) is 0 Å². The standard InChI is InChI=1S/5C8H17.H2O.O.2Sn/c5*1-3-5-7-8-6-4-2;;;;/h5*1,3-8H2,2H3;1H2;;;/q;;;;;;-2;2*+1. The topological polar surface area (TPSA) is 60.0 Å². The van der Waals surface area contributed by atoms with Gasteiger partial charge in [0, 0.05) is 0 Å². The van der Waals surface area contributed by atoms with Crippen LogP contribution in [0.1, 0.15) is 227 Å². The maximum absolute atomic E-state index is 2.33. The van der Waals surface area contributed by atoms with Gasteiger partial charge in [0.2, 0.25) is 0 Å². The van der Waals surface area contributed by atoms with E-state index in [1.165, 1.54) is 161 Å². The molecule has 0 atom stereocenters. The maximum atomic E-state index is 2.33. The third-order valence-electron chi connectivity index (χ3n) is 9.07. The zero-order chi connectivity index (χ0) is 31.0. The van der Waals surface area contributed by atoms with E-state index in [0.717, 1.165) is 0 Å². The molecule has 0 amide bonds. The molecule has 0 fully saturated rings. The summed E-state index contributed by atoms with van der Waals surface area (Å²) in [6.07, 6.45) is 44.8. The van der Waals surface area contributed by atoms with Gasteiger partial charge in [-0.25, -0.2) is 0 Å². The normalized spacial score (nSPS) is 10.5. The van der Waals surface area contributed by atoms with Crippen molar-refractivity contribution in [2.45, 2.75) is 249 Å². The molecule has 0 saturated carbocycles. The molecule has 0 rings (SSSR count). The Hall–Kier alpha value is 1.52. The zero-order valence-electron chi connectivity index (χ0n) is 31.7. The van der Waals surface area contributed by atoms with Crippen LogP contribution < -0.4 is 0 Å². The Morgan fingerprint density at radius 1 is 0.295 bits per heavy atom. The van der Waals surface area contributed by atoms with Gasteiger partial charge < -0.3 is 11.0 Å². The zero-order valence-corrected chi connectivity index (χ0v) is 37.4. The van der Waals surface area contributed by atoms with Gasteiger partial charge in [-0.1, -0.05) is 0 Å². The van der Waals surface area contributed by atoms with Crippen molar-refractivity contribution in [1.82, 2.24) is 0 Å². The van der Waals surface area contributed by atoms with Crippen LogP contribution in [0, 0.1) is 0 Å². The third-order valence-corrected chi connectivity index (χ3v) is 22.2. The first-order chi connectivity index (χ1) is 20.8. The van der Waals surface area contributed by atoms with Gasteiger partial charge in [0.25, 0.3) is 0 Å². The van der Waals surface area contributed by atoms with Crippen LogP contribution in [0.4, 0.5) is 0 Å². The molecule has 44 heavy (non-hydrogen) atoms. The van der Waals surface area contributed by atoms with Crippen LogP contribution in [-0.4, -0.2) is 46.4 Å². The first-order valence-corrected chi connectivity index (χ1v) is 30.4. The van der Waals surface area contributed by atoms with E-state index in [4.69, 9.17) is 0 Å². The average molecular weight is 838 g/mol. The molecule has 0 aromatic carbocycles. The molecule has 0 spiro atoms. The molecule has 0 aromatic rings. The van der Waals surface area contributed by atoms with E-state index in [-0.39, 0.29) is 32.1 Å². The Labute approximate surface area is 299 Å². The molecule has 267 valence electrons. The van der Waals surface area contributed by atoms with Crippen LogP contribution in [0.3, 0.4) is 0 Å². The summed E-state index contributed by atoms with van der Waals surface area (Å²) in [6.45, 7) is 11.6. The van der Waals surface area contributed by atoms with Crippen LogP contribution in [0.5, 0.6) is 0 Å². The van der Waals surface area contributed by atoms with Gasteiger partial charge in [0.1, 0.15) is 0 Å². The quantitative estimate of drug-likeness (QED) is 0.0451. The van der Waals surface area contributed by atoms with Crippen molar-refractivity contribution >= 4 is 40.9 Å². The molecule has 0 saturated heterocycles. The Morgan fingerprint density at radius 2 is 0.500 bits per heavy atom. The smallest absolute Gasteiger partial charge is 0.412 e. The van der Waals surface area contributed by atoms with Crippen LogP contribution in [0.15, 0.2) is 0 Å². The van der Waals surface area contributed by atoms with E-state index in [1.54, 1.807) is 54.3 Å². The molecule has 0 aliphatic heterocycles. The van der Waals surface area contributed by atoms with Crippen LogP contribution in [-0.2, 0) is 5.48 Å². The predicted molar refractivity (Wildman–Crippen MR) is 207 cm³/mol. The molecule has 2 nitrogen and oxygen atoms in total. The van der Waals surface area contributed by atoms with E-state index in [9.17, 15) is 0 Å². The third kappa shape index (κ3) is 50.4. The second-order valence-electron chi connectivity index (χ2n) is 13.6. The van der Waals surface area contributed by atoms with E-state index in [0.29, 0.717) is 0 Å². The summed E-state index contributed by atoms with van der Waals surface area (Å²) in [5.74, 6) is 0. The molecular formula is C40H87O2Sn2. The molecule has 4 heteroatoms. The SMILES string of the molecule is CCCCCCC[CH2][Sn+]([CH2]CCCCCCC)[CH2]CCCCCCC.CCCCCCC[CH2][Sn+][CH2]CCCCCCC.O.[O-2]. The maximum Gasteiger partial charge on any atom is -0.412 e. The molecule has 0 aromatic heterocycles. The van der Waals surface area contributed by atoms with E-state index in [2.05, 4.69) is 34.6 Å². The summed E-state index contributed by atoms with van der Waals surface area (Å²) in [4.78, 5) is 0. The summed E-state index contributed by atoms with van der Waals surface area (Å²) in [5, 5.41) is 0. The van der Waals surface area contributed by atoms with Crippen molar-refractivity contribution in [2.24, 2.45) is 0 Å². The number of rotatable bonds is 35. The Bertz CT molecular complexity index is 384. The summed E-state index contributed by atoms with van der Waals surface area (Å²) >= 11 is -0.942. The largest absolute Gasteiger partial charge is 2.00 e. The Kier molecular flexibility index (Phi) is 61.1. The molecule has 0 bridgehead atoms. The first kappa shape index (κ1) is 52.3. The van der Waals surface area contributed by atoms with Crippen LogP contribution in [0.25, 0.3) is 0 Å². The second kappa shape index (κ2) is 51.4. The number of hydrogen-bond donors (Lipinski definition) is 0. The predicted octanol–water partition coefficient (Wildman–Crippen LogP) is 14.9. The number of unbranched alkanes of at least 4 members (excludes halogenated alkanes) is 25. The summed E-state index contributed by atoms with van der Waals surface area (Å²) in [5.41, 5.74) is 0. The average Bonchev–Trinajstić information content (AvgIpc) is 3.00. The Morgan fingerprint density at radius 3 is 0.750 bits per heavy atom. The van der Waals surface area contributed by atoms with Crippen molar-refractivity contribution in [3.05, 3.63) is 0 Å². The molecular weight excluding hydrogens is 750 g/mol. The van der Waals surface area contributed by atoms with Gasteiger partial charge in [-0.3, -0.25) is 0 Å². The second-order valence-corrected chi connectivity index (χ2v) is 26.4. The summed E-state index contributed by atoms with van der Waals surface area (Å²) in [7, 11) is 0. The van der Waals surface area contributed by atoms with Gasteiger partial charge in [-0.05, 0) is 0 Å². The van der Waals surface area contributed by atoms with Crippen molar-refractivity contribution in [2.75, 3.05) is 0 Å². The van der Waals surface area contributed by atoms with Crippen LogP contribution in [0.2, 0.25) is 22.2 Å². The minimum absolute atomic E-state index is 0. The molecule has 0 aliphatic rings. The van der Waals surface area contributed by atoms with E-state index >= 15 is 0 Å². The van der Waals surface area contributed by atoms with Gasteiger partial charge in [0.05, 0.1) is 0 Å². The molecule has 0 aliphatic carbocycles. The van der Waals surface area contributed by atoms with E-state index < -0.39 is 19.8 Å². The molecule has 0 unspecified atom stereocenters. The van der Waals surface area contributed by atoms with Crippen molar-refractivity contribution in [1.29, 1.82) is 0 Å². The first-order valence-electron chi connectivity index (χ1n) is 20.3. The fourth-order valence-corrected chi connectivity index (χ4v) is 18.2. The molecule has 0 heterocycles. The van der Waals surface area contributed by atoms with Crippen molar-refractivity contribution < 1.29 is 11.0 Å². The molecule has 1 radical (unpaired) electrons.